The third kappa shape index (κ3) is 4.64. The van der Waals surface area contributed by atoms with Crippen LogP contribution in [0.5, 0.6) is 17.2 Å². The molecule has 0 saturated carbocycles. The fraction of sp³-hybridized carbons (Fsp3) is 0.321. The van der Waals surface area contributed by atoms with Crippen molar-refractivity contribution in [2.75, 3.05) is 0 Å². The average Bonchev–Trinajstić information content (AvgIpc) is 3.25. The summed E-state index contributed by atoms with van der Waals surface area (Å²) in [6.07, 6.45) is 0.776. The van der Waals surface area contributed by atoms with Crippen molar-refractivity contribution < 1.29 is 14.2 Å². The molecule has 0 saturated heterocycles. The maximum absolute atomic E-state index is 6.49. The minimum atomic E-state index is -0.312. The van der Waals surface area contributed by atoms with Gasteiger partial charge in [-0.3, -0.25) is 0 Å². The third-order valence-electron chi connectivity index (χ3n) is 5.85. The number of benzene rings is 3. The summed E-state index contributed by atoms with van der Waals surface area (Å²) in [5, 5.41) is 7.16. The lowest BCUT2D eigenvalue weighted by Crippen LogP contribution is -2.33. The zero-order valence-corrected chi connectivity index (χ0v) is 21.5. The highest BCUT2D eigenvalue weighted by Gasteiger charge is 2.41. The van der Waals surface area contributed by atoms with Crippen LogP contribution in [0.15, 0.2) is 76.3 Å². The van der Waals surface area contributed by atoms with Crippen LogP contribution < -0.4 is 14.2 Å². The molecule has 0 N–H and O–H groups in total. The number of hydrogen-bond donors (Lipinski definition) is 0. The maximum Gasteiger partial charge on any atom is 0.213 e. The van der Waals surface area contributed by atoms with Gasteiger partial charge in [-0.15, -0.1) is 0 Å². The number of hydrazone groups is 1. The number of halogens is 1. The first-order chi connectivity index (χ1) is 16.4. The molecule has 176 valence electrons. The van der Waals surface area contributed by atoms with Crippen LogP contribution in [0.3, 0.4) is 0 Å². The molecule has 5 rings (SSSR count). The lowest BCUT2D eigenvalue weighted by molar-refractivity contribution is -0.0191. The first-order valence-corrected chi connectivity index (χ1v) is 12.5. The largest absolute Gasteiger partial charge is 0.491 e. The Morgan fingerprint density at radius 2 is 1.50 bits per heavy atom. The van der Waals surface area contributed by atoms with E-state index in [4.69, 9.17) is 19.3 Å². The minimum absolute atomic E-state index is 0.0967. The zero-order chi connectivity index (χ0) is 23.8. The Bertz CT molecular complexity index is 1190. The Labute approximate surface area is 209 Å². The summed E-state index contributed by atoms with van der Waals surface area (Å²) in [6.45, 7) is 8.12. The number of hydrogen-bond acceptors (Lipinski definition) is 5. The second-order valence-electron chi connectivity index (χ2n) is 9.23. The number of nitrogens with zero attached hydrogens (tertiary/aromatic N) is 2. The molecule has 0 fully saturated rings. The molecule has 2 aliphatic heterocycles. The van der Waals surface area contributed by atoms with E-state index >= 15 is 0 Å². The Balaban J connectivity index is 1.48. The van der Waals surface area contributed by atoms with E-state index in [1.807, 2.05) is 64.1 Å². The van der Waals surface area contributed by atoms with Crippen LogP contribution in [0.25, 0.3) is 0 Å². The van der Waals surface area contributed by atoms with Crippen LogP contribution in [0, 0.1) is 0 Å². The first kappa shape index (κ1) is 22.8. The summed E-state index contributed by atoms with van der Waals surface area (Å²) in [4.78, 5) is 0. The van der Waals surface area contributed by atoms with E-state index in [0.29, 0.717) is 0 Å². The van der Waals surface area contributed by atoms with Gasteiger partial charge < -0.3 is 14.2 Å². The van der Waals surface area contributed by atoms with Crippen molar-refractivity contribution >= 4 is 21.6 Å². The van der Waals surface area contributed by atoms with Gasteiger partial charge in [0.05, 0.1) is 24.0 Å². The molecule has 2 atom stereocenters. The summed E-state index contributed by atoms with van der Waals surface area (Å²) in [6, 6.07) is 22.6. The summed E-state index contributed by atoms with van der Waals surface area (Å²) >= 11 is 3.62. The molecule has 2 heterocycles. The number of rotatable bonds is 6. The topological polar surface area (TPSA) is 43.3 Å². The Kier molecular flexibility index (Phi) is 6.26. The van der Waals surface area contributed by atoms with Crippen LogP contribution in [-0.2, 0) is 0 Å². The molecule has 0 aliphatic carbocycles. The second-order valence-corrected chi connectivity index (χ2v) is 10.1. The Morgan fingerprint density at radius 1 is 0.882 bits per heavy atom. The quantitative estimate of drug-likeness (QED) is 0.342. The molecule has 0 unspecified atom stereocenters. The van der Waals surface area contributed by atoms with E-state index in [0.717, 1.165) is 50.5 Å². The van der Waals surface area contributed by atoms with E-state index in [-0.39, 0.29) is 24.5 Å². The smallest absolute Gasteiger partial charge is 0.213 e. The van der Waals surface area contributed by atoms with Crippen LogP contribution >= 0.6 is 15.9 Å². The van der Waals surface area contributed by atoms with Crippen molar-refractivity contribution in [1.29, 1.82) is 0 Å². The predicted molar refractivity (Wildman–Crippen MR) is 138 cm³/mol. The third-order valence-corrected chi connectivity index (χ3v) is 6.34. The molecule has 3 aromatic rings. The first-order valence-electron chi connectivity index (χ1n) is 11.7. The summed E-state index contributed by atoms with van der Waals surface area (Å²) in [7, 11) is 0. The summed E-state index contributed by atoms with van der Waals surface area (Å²) in [5.74, 6) is 2.62. The molecule has 0 radical (unpaired) electrons. The van der Waals surface area contributed by atoms with Crippen molar-refractivity contribution in [1.82, 2.24) is 5.01 Å². The van der Waals surface area contributed by atoms with Crippen molar-refractivity contribution in [2.45, 2.75) is 58.6 Å². The molecule has 5 nitrogen and oxygen atoms in total. The Morgan fingerprint density at radius 3 is 2.12 bits per heavy atom. The minimum Gasteiger partial charge on any atom is -0.491 e. The van der Waals surface area contributed by atoms with Crippen LogP contribution in [-0.4, -0.2) is 22.9 Å². The van der Waals surface area contributed by atoms with E-state index in [1.54, 1.807) is 0 Å². The highest BCUT2D eigenvalue weighted by atomic mass is 79.9. The normalized spacial score (nSPS) is 18.9. The van der Waals surface area contributed by atoms with Gasteiger partial charge in [-0.25, -0.2) is 5.01 Å². The van der Waals surface area contributed by atoms with Crippen LogP contribution in [0.2, 0.25) is 0 Å². The Hall–Kier alpha value is -2.99. The van der Waals surface area contributed by atoms with E-state index in [1.165, 1.54) is 0 Å². The van der Waals surface area contributed by atoms with Gasteiger partial charge in [0.2, 0.25) is 6.23 Å². The van der Waals surface area contributed by atoms with Gasteiger partial charge >= 0.3 is 0 Å². The fourth-order valence-electron chi connectivity index (χ4n) is 4.43. The fourth-order valence-corrected chi connectivity index (χ4v) is 4.81. The van der Waals surface area contributed by atoms with E-state index < -0.39 is 0 Å². The second kappa shape index (κ2) is 9.34. The lowest BCUT2D eigenvalue weighted by Gasteiger charge is -2.38. The SMILES string of the molecule is CC(C)Oc1ccc(C2=NN3[C@@H](c4ccc(OC(C)C)cc4)Oc4ccc(Br)cc4[C@@H]3C2)cc1. The zero-order valence-electron chi connectivity index (χ0n) is 19.9. The number of ether oxygens (including phenoxy) is 3. The highest BCUT2D eigenvalue weighted by molar-refractivity contribution is 9.10. The van der Waals surface area contributed by atoms with Gasteiger partial charge in [-0.05, 0) is 100.0 Å². The molecular weight excluding hydrogens is 492 g/mol. The highest BCUT2D eigenvalue weighted by Crippen LogP contribution is 2.48. The summed E-state index contributed by atoms with van der Waals surface area (Å²) in [5.41, 5.74) is 4.33. The lowest BCUT2D eigenvalue weighted by atomic mass is 9.96. The maximum atomic E-state index is 6.49. The van der Waals surface area contributed by atoms with Gasteiger partial charge in [0.1, 0.15) is 17.2 Å². The molecule has 34 heavy (non-hydrogen) atoms. The standard InChI is InChI=1S/C28H29BrN2O3/c1-17(2)32-22-10-5-19(6-11-22)25-16-26-24-15-21(29)9-14-27(24)34-28(31(26)30-25)20-7-12-23(13-8-20)33-18(3)4/h5-15,17-18,26,28H,16H2,1-4H3/t26-,28+/m0/s1. The van der Waals surface area contributed by atoms with Gasteiger partial charge in [0.25, 0.3) is 0 Å². The van der Waals surface area contributed by atoms with Crippen molar-refractivity contribution in [2.24, 2.45) is 5.10 Å². The number of fused-ring (bicyclic) bond motifs is 3. The van der Waals surface area contributed by atoms with Gasteiger partial charge in [-0.2, -0.15) is 5.10 Å². The molecule has 3 aromatic carbocycles. The molecule has 0 spiro atoms. The molecule has 2 aliphatic rings. The molecular formula is C28H29BrN2O3. The van der Waals surface area contributed by atoms with Crippen molar-refractivity contribution in [3.63, 3.8) is 0 Å². The van der Waals surface area contributed by atoms with Crippen molar-refractivity contribution in [3.05, 3.63) is 87.9 Å². The van der Waals surface area contributed by atoms with Crippen molar-refractivity contribution in [3.8, 4) is 17.2 Å². The van der Waals surface area contributed by atoms with Crippen LogP contribution in [0.4, 0.5) is 0 Å². The van der Waals surface area contributed by atoms with Gasteiger partial charge in [-0.1, -0.05) is 15.9 Å². The molecule has 6 heteroatoms. The molecule has 0 bridgehead atoms. The predicted octanol–water partition coefficient (Wildman–Crippen LogP) is 7.27. The molecule has 0 aromatic heterocycles. The monoisotopic (exact) mass is 520 g/mol. The van der Waals surface area contributed by atoms with Gasteiger partial charge in [0, 0.05) is 22.0 Å². The average molecular weight is 521 g/mol. The van der Waals surface area contributed by atoms with Crippen LogP contribution in [0.1, 0.15) is 63.1 Å². The summed E-state index contributed by atoms with van der Waals surface area (Å²) < 4.78 is 19.2. The van der Waals surface area contributed by atoms with E-state index in [2.05, 4.69) is 51.3 Å². The molecule has 0 amide bonds. The van der Waals surface area contributed by atoms with Gasteiger partial charge in [0.15, 0.2) is 0 Å². The van der Waals surface area contributed by atoms with E-state index in [9.17, 15) is 0 Å².